The van der Waals surface area contributed by atoms with Gasteiger partial charge in [-0.15, -0.1) is 0 Å². The summed E-state index contributed by atoms with van der Waals surface area (Å²) in [5.41, 5.74) is 2.17. The standard InChI is InChI=1S/C15H20N2OS/c1-10-6-7-11(8-10)9-17-12-4-3-5-13(18-2)14(12)16-15(17)19/h3-5,10-11H,6-9H2,1-2H3,(H,16,19). The van der Waals surface area contributed by atoms with E-state index in [2.05, 4.69) is 22.5 Å². The number of methoxy groups -OCH3 is 1. The molecular formula is C15H20N2OS. The molecule has 0 radical (unpaired) electrons. The summed E-state index contributed by atoms with van der Waals surface area (Å²) in [5.74, 6) is 2.48. The number of ether oxygens (including phenoxy) is 1. The fraction of sp³-hybridized carbons (Fsp3) is 0.533. The third-order valence-electron chi connectivity index (χ3n) is 4.24. The van der Waals surface area contributed by atoms with E-state index < -0.39 is 0 Å². The molecule has 0 bridgehead atoms. The molecule has 1 fully saturated rings. The van der Waals surface area contributed by atoms with Gasteiger partial charge in [0.1, 0.15) is 11.3 Å². The molecular weight excluding hydrogens is 256 g/mol. The van der Waals surface area contributed by atoms with Gasteiger partial charge >= 0.3 is 0 Å². The molecule has 4 heteroatoms. The molecule has 2 aromatic rings. The lowest BCUT2D eigenvalue weighted by atomic mass is 10.1. The Kier molecular flexibility index (Phi) is 3.35. The number of imidazole rings is 1. The van der Waals surface area contributed by atoms with Gasteiger partial charge in [0, 0.05) is 6.54 Å². The van der Waals surface area contributed by atoms with Crippen molar-refractivity contribution in [3.8, 4) is 5.75 Å². The van der Waals surface area contributed by atoms with E-state index in [1.165, 1.54) is 19.3 Å². The normalized spacial score (nSPS) is 23.1. The molecule has 2 atom stereocenters. The van der Waals surface area contributed by atoms with E-state index in [9.17, 15) is 0 Å². The van der Waals surface area contributed by atoms with E-state index in [4.69, 9.17) is 17.0 Å². The summed E-state index contributed by atoms with van der Waals surface area (Å²) in [4.78, 5) is 3.28. The Morgan fingerprint density at radius 3 is 2.95 bits per heavy atom. The number of hydrogen-bond acceptors (Lipinski definition) is 2. The van der Waals surface area contributed by atoms with E-state index >= 15 is 0 Å². The van der Waals surface area contributed by atoms with E-state index in [1.807, 2.05) is 12.1 Å². The summed E-state index contributed by atoms with van der Waals surface area (Å²) in [6, 6.07) is 6.11. The van der Waals surface area contributed by atoms with Gasteiger partial charge in [-0.05, 0) is 49.0 Å². The smallest absolute Gasteiger partial charge is 0.178 e. The van der Waals surface area contributed by atoms with E-state index in [1.54, 1.807) is 7.11 Å². The molecule has 0 saturated heterocycles. The number of aromatic amines is 1. The summed E-state index contributed by atoms with van der Waals surface area (Å²) in [7, 11) is 1.70. The largest absolute Gasteiger partial charge is 0.494 e. The molecule has 0 spiro atoms. The first-order chi connectivity index (χ1) is 9.19. The third-order valence-corrected chi connectivity index (χ3v) is 4.56. The highest BCUT2D eigenvalue weighted by Crippen LogP contribution is 2.33. The van der Waals surface area contributed by atoms with Crippen LogP contribution >= 0.6 is 12.2 Å². The van der Waals surface area contributed by atoms with Crippen LogP contribution in [0.3, 0.4) is 0 Å². The van der Waals surface area contributed by atoms with Crippen molar-refractivity contribution in [2.75, 3.05) is 7.11 Å². The summed E-state index contributed by atoms with van der Waals surface area (Å²) < 4.78 is 8.43. The first kappa shape index (κ1) is 12.7. The number of nitrogens with one attached hydrogen (secondary N) is 1. The van der Waals surface area contributed by atoms with Gasteiger partial charge in [-0.3, -0.25) is 0 Å². The number of H-pyrrole nitrogens is 1. The SMILES string of the molecule is COc1cccc2c1[nH]c(=S)n2CC1CCC(C)C1. The first-order valence-electron chi connectivity index (χ1n) is 6.94. The second kappa shape index (κ2) is 5.00. The topological polar surface area (TPSA) is 29.9 Å². The minimum Gasteiger partial charge on any atom is -0.494 e. The minimum atomic E-state index is 0.756. The summed E-state index contributed by atoms with van der Waals surface area (Å²) in [6.45, 7) is 3.37. The fourth-order valence-electron chi connectivity index (χ4n) is 3.25. The van der Waals surface area contributed by atoms with Crippen molar-refractivity contribution < 1.29 is 4.74 Å². The molecule has 1 N–H and O–H groups in total. The lowest BCUT2D eigenvalue weighted by molar-refractivity contribution is 0.419. The zero-order valence-electron chi connectivity index (χ0n) is 11.5. The second-order valence-electron chi connectivity index (χ2n) is 5.68. The molecule has 2 unspecified atom stereocenters. The van der Waals surface area contributed by atoms with Crippen molar-refractivity contribution in [2.45, 2.75) is 32.7 Å². The Bertz CT molecular complexity index is 643. The van der Waals surface area contributed by atoms with Crippen LogP contribution in [0.5, 0.6) is 5.75 Å². The van der Waals surface area contributed by atoms with Gasteiger partial charge in [0.2, 0.25) is 0 Å². The predicted molar refractivity (Wildman–Crippen MR) is 80.2 cm³/mol. The molecule has 3 rings (SSSR count). The lowest BCUT2D eigenvalue weighted by Crippen LogP contribution is -2.07. The van der Waals surface area contributed by atoms with Gasteiger partial charge in [-0.1, -0.05) is 19.4 Å². The Balaban J connectivity index is 1.99. The second-order valence-corrected chi connectivity index (χ2v) is 6.07. The summed E-state index contributed by atoms with van der Waals surface area (Å²) in [6.07, 6.45) is 3.99. The molecule has 1 heterocycles. The van der Waals surface area contributed by atoms with Crippen LogP contribution in [0.1, 0.15) is 26.2 Å². The Labute approximate surface area is 118 Å². The Hall–Kier alpha value is -1.29. The number of fused-ring (bicyclic) bond motifs is 1. The van der Waals surface area contributed by atoms with E-state index in [0.29, 0.717) is 0 Å². The monoisotopic (exact) mass is 276 g/mol. The van der Waals surface area contributed by atoms with Crippen LogP contribution in [0.4, 0.5) is 0 Å². The molecule has 102 valence electrons. The highest BCUT2D eigenvalue weighted by atomic mass is 32.1. The molecule has 0 aliphatic heterocycles. The maximum Gasteiger partial charge on any atom is 0.178 e. The quantitative estimate of drug-likeness (QED) is 0.854. The summed E-state index contributed by atoms with van der Waals surface area (Å²) in [5, 5.41) is 0. The average molecular weight is 276 g/mol. The molecule has 0 amide bonds. The van der Waals surface area contributed by atoms with E-state index in [0.717, 1.165) is 39.9 Å². The van der Waals surface area contributed by atoms with Gasteiger partial charge < -0.3 is 14.3 Å². The van der Waals surface area contributed by atoms with Crippen molar-refractivity contribution in [1.82, 2.24) is 9.55 Å². The Morgan fingerprint density at radius 2 is 2.26 bits per heavy atom. The molecule has 1 aliphatic carbocycles. The van der Waals surface area contributed by atoms with E-state index in [-0.39, 0.29) is 0 Å². The maximum absolute atomic E-state index is 5.48. The average Bonchev–Trinajstić information content (AvgIpc) is 2.94. The minimum absolute atomic E-state index is 0.756. The van der Waals surface area contributed by atoms with Gasteiger partial charge in [0.25, 0.3) is 0 Å². The molecule has 1 aromatic heterocycles. The van der Waals surface area contributed by atoms with Gasteiger partial charge in [-0.2, -0.15) is 0 Å². The molecule has 3 nitrogen and oxygen atoms in total. The van der Waals surface area contributed by atoms with Gasteiger partial charge in [-0.25, -0.2) is 0 Å². The van der Waals surface area contributed by atoms with Crippen LogP contribution in [0.2, 0.25) is 0 Å². The number of rotatable bonds is 3. The van der Waals surface area contributed by atoms with Crippen molar-refractivity contribution >= 4 is 23.3 Å². The van der Waals surface area contributed by atoms with Crippen LogP contribution in [-0.2, 0) is 6.54 Å². The zero-order valence-corrected chi connectivity index (χ0v) is 12.3. The van der Waals surface area contributed by atoms with Crippen molar-refractivity contribution in [2.24, 2.45) is 11.8 Å². The number of benzene rings is 1. The number of para-hydroxylation sites is 1. The first-order valence-corrected chi connectivity index (χ1v) is 7.35. The lowest BCUT2D eigenvalue weighted by Gasteiger charge is -2.11. The van der Waals surface area contributed by atoms with Gasteiger partial charge in [0.15, 0.2) is 4.77 Å². The van der Waals surface area contributed by atoms with Crippen LogP contribution in [0.15, 0.2) is 18.2 Å². The highest BCUT2D eigenvalue weighted by Gasteiger charge is 2.22. The van der Waals surface area contributed by atoms with Crippen molar-refractivity contribution in [3.05, 3.63) is 23.0 Å². The van der Waals surface area contributed by atoms with Crippen LogP contribution < -0.4 is 4.74 Å². The predicted octanol–water partition coefficient (Wildman–Crippen LogP) is 4.14. The van der Waals surface area contributed by atoms with Crippen LogP contribution in [-0.4, -0.2) is 16.7 Å². The van der Waals surface area contributed by atoms with Crippen LogP contribution in [0, 0.1) is 16.6 Å². The van der Waals surface area contributed by atoms with Gasteiger partial charge in [0.05, 0.1) is 12.6 Å². The number of hydrogen-bond donors (Lipinski definition) is 1. The van der Waals surface area contributed by atoms with Crippen molar-refractivity contribution in [3.63, 3.8) is 0 Å². The third kappa shape index (κ3) is 2.29. The Morgan fingerprint density at radius 1 is 1.42 bits per heavy atom. The number of nitrogens with zero attached hydrogens (tertiary/aromatic N) is 1. The van der Waals surface area contributed by atoms with Crippen molar-refractivity contribution in [1.29, 1.82) is 0 Å². The zero-order chi connectivity index (χ0) is 13.4. The molecule has 1 saturated carbocycles. The molecule has 1 aromatic carbocycles. The molecule has 1 aliphatic rings. The maximum atomic E-state index is 5.48. The molecule has 19 heavy (non-hydrogen) atoms. The van der Waals surface area contributed by atoms with Crippen LogP contribution in [0.25, 0.3) is 11.0 Å². The number of aromatic nitrogens is 2. The fourth-order valence-corrected chi connectivity index (χ4v) is 3.53. The highest BCUT2D eigenvalue weighted by molar-refractivity contribution is 7.71. The summed E-state index contributed by atoms with van der Waals surface area (Å²) >= 11 is 5.48.